The van der Waals surface area contributed by atoms with Crippen LogP contribution in [0, 0.1) is 0 Å². The van der Waals surface area contributed by atoms with Gasteiger partial charge in [-0.1, -0.05) is 0 Å². The first-order valence-corrected chi connectivity index (χ1v) is 6.72. The lowest BCUT2D eigenvalue weighted by molar-refractivity contribution is 0.0379. The maximum atomic E-state index is 9.51. The minimum Gasteiger partial charge on any atom is -0.390 e. The second kappa shape index (κ2) is 6.66. The van der Waals surface area contributed by atoms with Gasteiger partial charge in [0, 0.05) is 52.4 Å². The van der Waals surface area contributed by atoms with Gasteiger partial charge in [0.2, 0.25) is 0 Å². The number of nitrogens with two attached hydrogens (primary N) is 1. The van der Waals surface area contributed by atoms with Gasteiger partial charge in [0.15, 0.2) is 0 Å². The van der Waals surface area contributed by atoms with Crippen LogP contribution in [0.15, 0.2) is 0 Å². The number of aliphatic hydroxyl groups is 1. The molecule has 5 nitrogen and oxygen atoms in total. The van der Waals surface area contributed by atoms with E-state index in [-0.39, 0.29) is 6.10 Å². The molecule has 2 saturated heterocycles. The molecule has 2 unspecified atom stereocenters. The van der Waals surface area contributed by atoms with Gasteiger partial charge in [-0.25, -0.2) is 0 Å². The summed E-state index contributed by atoms with van der Waals surface area (Å²) in [4.78, 5) is 4.77. The molecule has 2 aliphatic heterocycles. The maximum Gasteiger partial charge on any atom is 0.0789 e. The minimum absolute atomic E-state index is 0.357. The second-order valence-corrected chi connectivity index (χ2v) is 5.13. The predicted octanol–water partition coefficient (Wildman–Crippen LogP) is -0.897. The molecule has 17 heavy (non-hydrogen) atoms. The summed E-state index contributed by atoms with van der Waals surface area (Å²) < 4.78 is 5.65. The van der Waals surface area contributed by atoms with Gasteiger partial charge in [-0.05, 0) is 12.8 Å². The quantitative estimate of drug-likeness (QED) is 0.655. The zero-order valence-corrected chi connectivity index (χ0v) is 10.6. The molecule has 2 atom stereocenters. The van der Waals surface area contributed by atoms with E-state index < -0.39 is 0 Å². The Balaban J connectivity index is 1.63. The molecule has 0 aromatic carbocycles. The highest BCUT2D eigenvalue weighted by atomic mass is 16.5. The monoisotopic (exact) mass is 243 g/mol. The third-order valence-corrected chi connectivity index (χ3v) is 3.69. The number of aliphatic hydroxyl groups excluding tert-OH is 1. The van der Waals surface area contributed by atoms with Crippen molar-refractivity contribution in [2.45, 2.75) is 25.0 Å². The molecule has 0 saturated carbocycles. The standard InChI is InChI=1S/C12H25N3O2/c13-8-11(16)9-14-3-5-15(6-4-14)10-12-2-1-7-17-12/h11-12,16H,1-10,13H2. The molecular weight excluding hydrogens is 218 g/mol. The van der Waals surface area contributed by atoms with Crippen LogP contribution in [0.25, 0.3) is 0 Å². The Kier molecular flexibility index (Phi) is 5.18. The average molecular weight is 243 g/mol. The van der Waals surface area contributed by atoms with E-state index in [1.165, 1.54) is 12.8 Å². The largest absolute Gasteiger partial charge is 0.390 e. The zero-order chi connectivity index (χ0) is 12.1. The van der Waals surface area contributed by atoms with Crippen LogP contribution in [0.3, 0.4) is 0 Å². The van der Waals surface area contributed by atoms with Crippen LogP contribution < -0.4 is 5.73 Å². The van der Waals surface area contributed by atoms with E-state index in [1.54, 1.807) is 0 Å². The van der Waals surface area contributed by atoms with Crippen molar-refractivity contribution in [2.75, 3.05) is 52.4 Å². The smallest absolute Gasteiger partial charge is 0.0789 e. The van der Waals surface area contributed by atoms with Gasteiger partial charge in [0.1, 0.15) is 0 Å². The highest BCUT2D eigenvalue weighted by molar-refractivity contribution is 4.77. The van der Waals surface area contributed by atoms with Crippen LogP contribution >= 0.6 is 0 Å². The summed E-state index contributed by atoms with van der Waals surface area (Å²) in [7, 11) is 0. The van der Waals surface area contributed by atoms with Crippen molar-refractivity contribution in [3.8, 4) is 0 Å². The summed E-state index contributed by atoms with van der Waals surface area (Å²) in [5, 5.41) is 9.51. The van der Waals surface area contributed by atoms with Crippen LogP contribution in [-0.4, -0.2) is 79.5 Å². The molecule has 0 aromatic heterocycles. The number of rotatable bonds is 5. The molecule has 2 aliphatic rings. The third-order valence-electron chi connectivity index (χ3n) is 3.69. The molecule has 0 aliphatic carbocycles. The molecule has 100 valence electrons. The molecule has 0 spiro atoms. The summed E-state index contributed by atoms with van der Waals surface area (Å²) in [5.74, 6) is 0. The Bertz CT molecular complexity index is 214. The number of hydrogen-bond donors (Lipinski definition) is 2. The van der Waals surface area contributed by atoms with Crippen molar-refractivity contribution < 1.29 is 9.84 Å². The Morgan fingerprint density at radius 2 is 1.94 bits per heavy atom. The van der Waals surface area contributed by atoms with E-state index in [2.05, 4.69) is 9.80 Å². The van der Waals surface area contributed by atoms with Gasteiger partial charge >= 0.3 is 0 Å². The number of piperazine rings is 1. The van der Waals surface area contributed by atoms with Crippen LogP contribution in [0.4, 0.5) is 0 Å². The van der Waals surface area contributed by atoms with Gasteiger partial charge in [0.05, 0.1) is 12.2 Å². The van der Waals surface area contributed by atoms with Crippen LogP contribution in [0.2, 0.25) is 0 Å². The molecule has 2 heterocycles. The zero-order valence-electron chi connectivity index (χ0n) is 10.6. The van der Waals surface area contributed by atoms with Crippen molar-refractivity contribution in [3.05, 3.63) is 0 Å². The van der Waals surface area contributed by atoms with E-state index in [0.29, 0.717) is 19.2 Å². The van der Waals surface area contributed by atoms with E-state index in [1.807, 2.05) is 0 Å². The normalized spacial score (nSPS) is 29.6. The maximum absolute atomic E-state index is 9.51. The van der Waals surface area contributed by atoms with Crippen molar-refractivity contribution in [3.63, 3.8) is 0 Å². The van der Waals surface area contributed by atoms with Gasteiger partial charge in [0.25, 0.3) is 0 Å². The Labute approximate surface area is 104 Å². The molecular formula is C12H25N3O2. The molecule has 0 aromatic rings. The average Bonchev–Trinajstić information content (AvgIpc) is 2.84. The predicted molar refractivity (Wildman–Crippen MR) is 66.9 cm³/mol. The molecule has 2 fully saturated rings. The number of nitrogens with zero attached hydrogens (tertiary/aromatic N) is 2. The fourth-order valence-electron chi connectivity index (χ4n) is 2.60. The fraction of sp³-hybridized carbons (Fsp3) is 1.00. The first-order chi connectivity index (χ1) is 8.28. The lowest BCUT2D eigenvalue weighted by Crippen LogP contribution is -2.50. The van der Waals surface area contributed by atoms with Crippen LogP contribution in [0.5, 0.6) is 0 Å². The van der Waals surface area contributed by atoms with Crippen molar-refractivity contribution in [1.82, 2.24) is 9.80 Å². The van der Waals surface area contributed by atoms with E-state index >= 15 is 0 Å². The summed E-state index contributed by atoms with van der Waals surface area (Å²) >= 11 is 0. The van der Waals surface area contributed by atoms with Gasteiger partial charge < -0.3 is 15.6 Å². The summed E-state index contributed by atoms with van der Waals surface area (Å²) in [6.07, 6.45) is 2.51. The van der Waals surface area contributed by atoms with Crippen molar-refractivity contribution in [2.24, 2.45) is 5.73 Å². The number of ether oxygens (including phenoxy) is 1. The molecule has 0 bridgehead atoms. The topological polar surface area (TPSA) is 62.0 Å². The Morgan fingerprint density at radius 3 is 2.53 bits per heavy atom. The van der Waals surface area contributed by atoms with E-state index in [0.717, 1.165) is 39.3 Å². The minimum atomic E-state index is -0.375. The number of hydrogen-bond acceptors (Lipinski definition) is 5. The SMILES string of the molecule is NCC(O)CN1CCN(CC2CCCO2)CC1. The molecule has 3 N–H and O–H groups in total. The van der Waals surface area contributed by atoms with Gasteiger partial charge in [-0.2, -0.15) is 0 Å². The van der Waals surface area contributed by atoms with E-state index in [4.69, 9.17) is 10.5 Å². The van der Waals surface area contributed by atoms with Crippen molar-refractivity contribution >= 4 is 0 Å². The van der Waals surface area contributed by atoms with Gasteiger partial charge in [-0.15, -0.1) is 0 Å². The van der Waals surface area contributed by atoms with Crippen LogP contribution in [-0.2, 0) is 4.74 Å². The highest BCUT2D eigenvalue weighted by Crippen LogP contribution is 2.14. The lowest BCUT2D eigenvalue weighted by Gasteiger charge is -2.36. The lowest BCUT2D eigenvalue weighted by atomic mass is 10.2. The Morgan fingerprint density at radius 1 is 1.24 bits per heavy atom. The van der Waals surface area contributed by atoms with Crippen LogP contribution in [0.1, 0.15) is 12.8 Å². The molecule has 5 heteroatoms. The first kappa shape index (κ1) is 13.2. The van der Waals surface area contributed by atoms with E-state index in [9.17, 15) is 5.11 Å². The second-order valence-electron chi connectivity index (χ2n) is 5.13. The molecule has 0 amide bonds. The third kappa shape index (κ3) is 4.19. The first-order valence-electron chi connectivity index (χ1n) is 6.72. The molecule has 2 rings (SSSR count). The van der Waals surface area contributed by atoms with Gasteiger partial charge in [-0.3, -0.25) is 9.80 Å². The summed E-state index contributed by atoms with van der Waals surface area (Å²) in [6.45, 7) is 7.31. The molecule has 0 radical (unpaired) electrons. The summed E-state index contributed by atoms with van der Waals surface area (Å²) in [5.41, 5.74) is 5.42. The fourth-order valence-corrected chi connectivity index (χ4v) is 2.60. The summed E-state index contributed by atoms with van der Waals surface area (Å²) in [6, 6.07) is 0. The number of β-amino-alcohol motifs (C(OH)–C–C–N with tert-alkyl or cyclic N) is 1. The van der Waals surface area contributed by atoms with Crippen molar-refractivity contribution in [1.29, 1.82) is 0 Å². The Hall–Kier alpha value is -0.200. The highest BCUT2D eigenvalue weighted by Gasteiger charge is 2.23.